The van der Waals surface area contributed by atoms with Crippen LogP contribution in [0.25, 0.3) is 0 Å². The van der Waals surface area contributed by atoms with Gasteiger partial charge in [-0.1, -0.05) is 12.1 Å². The number of alkyl halides is 2. The van der Waals surface area contributed by atoms with Crippen LogP contribution in [0.3, 0.4) is 0 Å². The number of carbonyl (C=O) groups excluding carboxylic acids is 4. The molecule has 0 fully saturated rings. The summed E-state index contributed by atoms with van der Waals surface area (Å²) < 4.78 is 10.2. The van der Waals surface area contributed by atoms with E-state index in [2.05, 4.69) is 0 Å². The number of hydrogen-bond donors (Lipinski definition) is 0. The van der Waals surface area contributed by atoms with Crippen molar-refractivity contribution in [3.05, 3.63) is 58.1 Å². The molecule has 1 aliphatic rings. The minimum Gasteiger partial charge on any atom is -0.426 e. The highest BCUT2D eigenvalue weighted by Crippen LogP contribution is 2.40. The average Bonchev–Trinajstić information content (AvgIpc) is 2.57. The van der Waals surface area contributed by atoms with Gasteiger partial charge in [0, 0.05) is 25.0 Å². The summed E-state index contributed by atoms with van der Waals surface area (Å²) in [5.41, 5.74) is 0.174. The van der Waals surface area contributed by atoms with Crippen LogP contribution in [0.5, 0.6) is 11.5 Å². The summed E-state index contributed by atoms with van der Waals surface area (Å²) >= 11 is 11.8. The molecular formula is C19H12Cl2O6. The van der Waals surface area contributed by atoms with E-state index in [9.17, 15) is 19.2 Å². The molecule has 0 radical (unpaired) electrons. The molecule has 0 unspecified atom stereocenters. The van der Waals surface area contributed by atoms with Gasteiger partial charge in [-0.05, 0) is 23.8 Å². The molecule has 0 saturated carbocycles. The number of carbonyl (C=O) groups is 4. The maximum Gasteiger partial charge on any atom is 0.308 e. The van der Waals surface area contributed by atoms with E-state index in [1.54, 1.807) is 0 Å². The van der Waals surface area contributed by atoms with Crippen LogP contribution < -0.4 is 9.47 Å². The lowest BCUT2D eigenvalue weighted by Crippen LogP contribution is -2.24. The van der Waals surface area contributed by atoms with Gasteiger partial charge in [-0.2, -0.15) is 0 Å². The highest BCUT2D eigenvalue weighted by Gasteiger charge is 2.36. The molecule has 0 amide bonds. The normalized spacial score (nSPS) is 12.5. The van der Waals surface area contributed by atoms with Crippen molar-refractivity contribution in [1.29, 1.82) is 0 Å². The largest absolute Gasteiger partial charge is 0.426 e. The fraction of sp³-hybridized carbons (Fsp3) is 0.158. The quantitative estimate of drug-likeness (QED) is 0.373. The molecule has 0 spiro atoms. The molecule has 0 aliphatic heterocycles. The predicted octanol–water partition coefficient (Wildman–Crippen LogP) is 3.79. The van der Waals surface area contributed by atoms with Crippen molar-refractivity contribution < 1.29 is 28.7 Å². The van der Waals surface area contributed by atoms with E-state index in [-0.39, 0.29) is 39.3 Å². The van der Waals surface area contributed by atoms with Crippen LogP contribution in [-0.4, -0.2) is 23.5 Å². The lowest BCUT2D eigenvalue weighted by atomic mass is 9.82. The number of ketones is 2. The Kier molecular flexibility index (Phi) is 5.04. The van der Waals surface area contributed by atoms with E-state index in [0.717, 1.165) is 0 Å². The molecule has 27 heavy (non-hydrogen) atoms. The van der Waals surface area contributed by atoms with Gasteiger partial charge >= 0.3 is 11.9 Å². The molecule has 1 aliphatic carbocycles. The second kappa shape index (κ2) is 7.13. The van der Waals surface area contributed by atoms with Gasteiger partial charge in [-0.25, -0.2) is 0 Å². The molecule has 0 saturated heterocycles. The molecule has 2 aromatic carbocycles. The van der Waals surface area contributed by atoms with Gasteiger partial charge in [0.2, 0.25) is 0 Å². The summed E-state index contributed by atoms with van der Waals surface area (Å²) in [4.78, 5) is 47.9. The number of halogens is 2. The van der Waals surface area contributed by atoms with Crippen LogP contribution >= 0.6 is 23.2 Å². The number of ether oxygens (including phenoxy) is 2. The smallest absolute Gasteiger partial charge is 0.308 e. The predicted molar refractivity (Wildman–Crippen MR) is 96.8 cm³/mol. The Morgan fingerprint density at radius 2 is 1.41 bits per heavy atom. The van der Waals surface area contributed by atoms with Gasteiger partial charge in [0.1, 0.15) is 16.3 Å². The first-order valence-electron chi connectivity index (χ1n) is 7.76. The van der Waals surface area contributed by atoms with E-state index >= 15 is 0 Å². The summed E-state index contributed by atoms with van der Waals surface area (Å²) in [6.45, 7) is 2.35. The van der Waals surface area contributed by atoms with Gasteiger partial charge in [0.15, 0.2) is 11.6 Å². The number of esters is 2. The van der Waals surface area contributed by atoms with Crippen molar-refractivity contribution in [3.63, 3.8) is 0 Å². The van der Waals surface area contributed by atoms with Crippen LogP contribution in [-0.2, 0) is 9.59 Å². The molecule has 0 N–H and O–H groups in total. The molecule has 0 bridgehead atoms. The van der Waals surface area contributed by atoms with Crippen molar-refractivity contribution in [2.75, 3.05) is 0 Å². The summed E-state index contributed by atoms with van der Waals surface area (Å²) in [5.74, 6) is -2.56. The molecule has 3 rings (SSSR count). The first-order valence-corrected chi connectivity index (χ1v) is 8.63. The fourth-order valence-electron chi connectivity index (χ4n) is 2.88. The van der Waals surface area contributed by atoms with E-state index < -0.39 is 28.3 Å². The summed E-state index contributed by atoms with van der Waals surface area (Å²) in [7, 11) is 0. The van der Waals surface area contributed by atoms with Gasteiger partial charge in [-0.15, -0.1) is 23.2 Å². The molecule has 0 aromatic heterocycles. The SMILES string of the molecule is CC(=O)Oc1cccc2c1C(=O)c1cc(C(Cl)Cl)cc(OC(C)=O)c1C2=O. The third-order valence-electron chi connectivity index (χ3n) is 3.85. The lowest BCUT2D eigenvalue weighted by molar-refractivity contribution is -0.132. The standard InChI is InChI=1S/C19H12Cl2O6/c1-8(22)26-13-5-3-4-11-15(13)18(25)12-6-10(19(20)21)7-14(27-9(2)23)16(12)17(11)24/h3-7,19H,1-2H3. The Morgan fingerprint density at radius 3 is 2.00 bits per heavy atom. The summed E-state index contributed by atoms with van der Waals surface area (Å²) in [6.07, 6.45) is 0. The molecular weight excluding hydrogens is 395 g/mol. The van der Waals surface area contributed by atoms with E-state index in [4.69, 9.17) is 32.7 Å². The molecule has 138 valence electrons. The minimum atomic E-state index is -1.02. The van der Waals surface area contributed by atoms with Crippen LogP contribution in [0.4, 0.5) is 0 Å². The fourth-order valence-corrected chi connectivity index (χ4v) is 3.13. The van der Waals surface area contributed by atoms with Crippen LogP contribution in [0.2, 0.25) is 0 Å². The molecule has 0 heterocycles. The van der Waals surface area contributed by atoms with Crippen molar-refractivity contribution in [2.24, 2.45) is 0 Å². The van der Waals surface area contributed by atoms with Crippen LogP contribution in [0.1, 0.15) is 56.1 Å². The van der Waals surface area contributed by atoms with Crippen LogP contribution in [0.15, 0.2) is 30.3 Å². The second-order valence-corrected chi connectivity index (χ2v) is 6.86. The van der Waals surface area contributed by atoms with Gasteiger partial charge in [-0.3, -0.25) is 19.2 Å². The van der Waals surface area contributed by atoms with E-state index in [1.807, 2.05) is 0 Å². The van der Waals surface area contributed by atoms with Gasteiger partial charge < -0.3 is 9.47 Å². The first-order chi connectivity index (χ1) is 12.7. The molecule has 8 heteroatoms. The highest BCUT2D eigenvalue weighted by molar-refractivity contribution is 6.44. The summed E-state index contributed by atoms with van der Waals surface area (Å²) in [5, 5.41) is 0. The third kappa shape index (κ3) is 3.46. The zero-order chi connectivity index (χ0) is 19.9. The highest BCUT2D eigenvalue weighted by atomic mass is 35.5. The van der Waals surface area contributed by atoms with Gasteiger partial charge in [0.05, 0.1) is 11.1 Å². The second-order valence-electron chi connectivity index (χ2n) is 5.77. The van der Waals surface area contributed by atoms with Crippen molar-refractivity contribution in [3.8, 4) is 11.5 Å². The third-order valence-corrected chi connectivity index (χ3v) is 4.36. The number of benzene rings is 2. The molecule has 2 aromatic rings. The topological polar surface area (TPSA) is 86.7 Å². The van der Waals surface area contributed by atoms with E-state index in [0.29, 0.717) is 0 Å². The first kappa shape index (κ1) is 19.1. The summed E-state index contributed by atoms with van der Waals surface area (Å²) in [6, 6.07) is 7.04. The minimum absolute atomic E-state index is 0.0308. The average molecular weight is 407 g/mol. The van der Waals surface area contributed by atoms with Crippen LogP contribution in [0, 0.1) is 0 Å². The molecule has 0 atom stereocenters. The maximum absolute atomic E-state index is 13.1. The van der Waals surface area contributed by atoms with Crippen molar-refractivity contribution in [2.45, 2.75) is 18.7 Å². The van der Waals surface area contributed by atoms with Crippen molar-refractivity contribution >= 4 is 46.7 Å². The number of hydrogen-bond acceptors (Lipinski definition) is 6. The zero-order valence-corrected chi connectivity index (χ0v) is 15.7. The Balaban J connectivity index is 2.29. The lowest BCUT2D eigenvalue weighted by Gasteiger charge is -2.22. The Morgan fingerprint density at radius 1 is 0.852 bits per heavy atom. The number of rotatable bonds is 3. The number of fused-ring (bicyclic) bond motifs is 2. The molecule has 6 nitrogen and oxygen atoms in total. The van der Waals surface area contributed by atoms with Crippen molar-refractivity contribution in [1.82, 2.24) is 0 Å². The van der Waals surface area contributed by atoms with Gasteiger partial charge in [0.25, 0.3) is 0 Å². The Labute approximate surface area is 164 Å². The monoisotopic (exact) mass is 406 g/mol. The Hall–Kier alpha value is -2.70. The zero-order valence-electron chi connectivity index (χ0n) is 14.2. The maximum atomic E-state index is 13.1. The Bertz CT molecular complexity index is 1010. The van der Waals surface area contributed by atoms with E-state index in [1.165, 1.54) is 44.2 Å².